The van der Waals surface area contributed by atoms with Crippen LogP contribution in [0.4, 0.5) is 0 Å². The van der Waals surface area contributed by atoms with Gasteiger partial charge in [0, 0.05) is 41.8 Å². The molecule has 0 bridgehead atoms. The van der Waals surface area contributed by atoms with Crippen molar-refractivity contribution in [2.45, 2.75) is 70.0 Å². The molecule has 2 aliphatic heterocycles. The normalized spacial score (nSPS) is 44.5. The van der Waals surface area contributed by atoms with E-state index in [0.29, 0.717) is 0 Å². The van der Waals surface area contributed by atoms with E-state index in [2.05, 4.69) is 0 Å². The Balaban J connectivity index is 2.09. The molecule has 162 valence electrons. The predicted molar refractivity (Wildman–Crippen MR) is 113 cm³/mol. The summed E-state index contributed by atoms with van der Waals surface area (Å²) < 4.78 is 209. The van der Waals surface area contributed by atoms with Gasteiger partial charge in [-0.2, -0.15) is 0 Å². The number of carbonyl (C=O) groups is 1. The number of benzene rings is 1. The summed E-state index contributed by atoms with van der Waals surface area (Å²) in [5.74, 6) is -2.63. The molecule has 2 heterocycles. The number of likely N-dealkylation sites (tertiary alicyclic amines) is 1. The van der Waals surface area contributed by atoms with E-state index in [1.165, 1.54) is 0 Å². The predicted octanol–water partition coefficient (Wildman–Crippen LogP) is 3.43. The molecule has 0 spiro atoms. The molecule has 0 unspecified atom stereocenters. The molecular formula is C23H36N2O4. The lowest BCUT2D eigenvalue weighted by Crippen LogP contribution is -2.46. The van der Waals surface area contributed by atoms with E-state index in [0.717, 1.165) is 18.2 Å². The summed E-state index contributed by atoms with van der Waals surface area (Å²) in [6.45, 7) is -18.5. The van der Waals surface area contributed by atoms with Crippen molar-refractivity contribution in [2.24, 2.45) is 0 Å². The van der Waals surface area contributed by atoms with Gasteiger partial charge in [-0.15, -0.1) is 0 Å². The molecule has 1 aromatic rings. The fourth-order valence-electron chi connectivity index (χ4n) is 2.48. The first-order valence-corrected chi connectivity index (χ1v) is 8.31. The number of nitrogens with zero attached hydrogens (tertiary/aromatic N) is 1. The van der Waals surface area contributed by atoms with Gasteiger partial charge in [-0.3, -0.25) is 4.79 Å². The standard InChI is InChI=1S/C23H36N2O4/c1-2-3-4-5-6-9-22(26)24-19(17-25-12-7-8-13-25)23(27)18-10-11-20-21(16-18)29-15-14-28-20/h10-11,16,19,23,27H,2-9,12-15,17H2,1H3,(H,24,26)/t19-,23-/m1/s1/i1D3,2D2,3D2,4D2,5D2,6D2,7D2,8D2,12D2,13D2,14D2,15D2. The average Bonchev–Trinajstić information content (AvgIpc) is 3.03. The van der Waals surface area contributed by atoms with E-state index in [-0.39, 0.29) is 4.90 Å². The van der Waals surface area contributed by atoms with Gasteiger partial charge in [0.25, 0.3) is 0 Å². The number of fused-ring (bicyclic) bond motifs is 1. The van der Waals surface area contributed by atoms with E-state index in [1.54, 1.807) is 0 Å². The van der Waals surface area contributed by atoms with Crippen molar-refractivity contribution < 1.29 is 53.6 Å². The van der Waals surface area contributed by atoms with Crippen molar-refractivity contribution >= 4 is 5.91 Å². The minimum Gasteiger partial charge on any atom is -0.486 e. The van der Waals surface area contributed by atoms with Crippen LogP contribution in [0.5, 0.6) is 11.5 Å². The second-order valence-electron chi connectivity index (χ2n) is 5.67. The highest BCUT2D eigenvalue weighted by Gasteiger charge is 2.27. The molecular weight excluding hydrogens is 368 g/mol. The van der Waals surface area contributed by atoms with Gasteiger partial charge in [0.2, 0.25) is 5.91 Å². The Morgan fingerprint density at radius 2 is 2.00 bits per heavy atom. The zero-order chi connectivity index (χ0) is 42.7. The summed E-state index contributed by atoms with van der Waals surface area (Å²) in [5.41, 5.74) is -0.401. The summed E-state index contributed by atoms with van der Waals surface area (Å²) in [6, 6.07) is 0.646. The first-order chi connectivity index (χ1) is 23.5. The number of rotatable bonds is 11. The number of aliphatic hydroxyl groups excluding tert-OH is 1. The van der Waals surface area contributed by atoms with Crippen LogP contribution < -0.4 is 14.8 Å². The zero-order valence-electron chi connectivity index (χ0n) is 39.9. The van der Waals surface area contributed by atoms with Gasteiger partial charge >= 0.3 is 0 Å². The smallest absolute Gasteiger partial charge is 0.220 e. The second-order valence-corrected chi connectivity index (χ2v) is 5.67. The van der Waals surface area contributed by atoms with Crippen LogP contribution in [0.25, 0.3) is 0 Å². The molecule has 2 aliphatic rings. The highest BCUT2D eigenvalue weighted by atomic mass is 16.6. The highest BCUT2D eigenvalue weighted by Crippen LogP contribution is 2.33. The number of carbonyl (C=O) groups excluding carboxylic acids is 1. The van der Waals surface area contributed by atoms with Crippen molar-refractivity contribution in [1.82, 2.24) is 10.2 Å². The Bertz CT molecular complexity index is 1580. The molecule has 1 fully saturated rings. The van der Waals surface area contributed by atoms with E-state index >= 15 is 0 Å². The lowest BCUT2D eigenvalue weighted by Gasteiger charge is -2.29. The molecule has 6 heteroatoms. The number of hydrogen-bond donors (Lipinski definition) is 2. The summed E-state index contributed by atoms with van der Waals surface area (Å²) in [4.78, 5) is 13.4. The lowest BCUT2D eigenvalue weighted by atomic mass is 10.0. The largest absolute Gasteiger partial charge is 0.486 e. The van der Waals surface area contributed by atoms with Gasteiger partial charge in [0.1, 0.15) is 19.2 Å². The number of hydrogen-bond acceptors (Lipinski definition) is 5. The van der Waals surface area contributed by atoms with Crippen LogP contribution >= 0.6 is 0 Å². The Labute approximate surface area is 209 Å². The van der Waals surface area contributed by atoms with Crippen LogP contribution in [0.15, 0.2) is 18.2 Å². The molecule has 0 aromatic heterocycles. The third-order valence-corrected chi connectivity index (χ3v) is 3.75. The summed E-state index contributed by atoms with van der Waals surface area (Å²) in [7, 11) is 0. The van der Waals surface area contributed by atoms with Crippen molar-refractivity contribution in [3.63, 3.8) is 0 Å². The first kappa shape index (κ1) is 6.36. The molecule has 6 nitrogen and oxygen atoms in total. The van der Waals surface area contributed by atoms with E-state index in [1.807, 2.05) is 5.32 Å². The Kier molecular flexibility index (Phi) is 2.50. The molecule has 2 atom stereocenters. The number of aliphatic hydroxyl groups is 1. The Morgan fingerprint density at radius 1 is 1.24 bits per heavy atom. The van der Waals surface area contributed by atoms with Gasteiger partial charge in [-0.05, 0) is 49.8 Å². The maximum atomic E-state index is 13.4. The van der Waals surface area contributed by atoms with Crippen LogP contribution in [-0.2, 0) is 4.79 Å². The Morgan fingerprint density at radius 3 is 2.79 bits per heavy atom. The number of ether oxygens (including phenoxy) is 2. The van der Waals surface area contributed by atoms with Gasteiger partial charge in [-0.1, -0.05) is 38.4 Å². The minimum absolute atomic E-state index is 0.0304. The SMILES string of the molecule is [2H]C([2H])([2H])C([2H])([2H])C([2H])([2H])C([2H])([2H])C([2H])([2H])C([2H])([2H])CC(=O)N[C@H](CN1C([2H])([2H])C([2H])([2H])C([2H])([2H])C1([2H])[2H])[C@H](O)c1ccc2c(c1)OC([2H])([2H])C([2H])([2H])O2. The van der Waals surface area contributed by atoms with Gasteiger partial charge < -0.3 is 24.8 Å². The molecule has 0 saturated carbocycles. The number of nitrogens with one attached hydrogen (secondary N) is 1. The number of amides is 1. The molecule has 0 radical (unpaired) electrons. The first-order valence-electron chi connectivity index (χ1n) is 20.8. The van der Waals surface area contributed by atoms with Gasteiger partial charge in [0.05, 0.1) is 11.5 Å². The lowest BCUT2D eigenvalue weighted by molar-refractivity contribution is -0.123. The van der Waals surface area contributed by atoms with Crippen molar-refractivity contribution in [3.05, 3.63) is 23.8 Å². The van der Waals surface area contributed by atoms with Crippen molar-refractivity contribution in [2.75, 3.05) is 32.7 Å². The third-order valence-electron chi connectivity index (χ3n) is 3.75. The maximum absolute atomic E-state index is 13.4. The fourth-order valence-corrected chi connectivity index (χ4v) is 2.48. The van der Waals surface area contributed by atoms with Gasteiger partial charge in [-0.25, -0.2) is 0 Å². The minimum atomic E-state index is -4.34. The second kappa shape index (κ2) is 11.4. The average molecular weight is 430 g/mol. The van der Waals surface area contributed by atoms with Crippen LogP contribution in [0.1, 0.15) is 104 Å². The monoisotopic (exact) mass is 429 g/mol. The third kappa shape index (κ3) is 6.61. The molecule has 3 rings (SSSR count). The topological polar surface area (TPSA) is 71.0 Å². The molecule has 1 amide bonds. The molecule has 2 N–H and O–H groups in total. The zero-order valence-corrected chi connectivity index (χ0v) is 14.9. The molecule has 1 saturated heterocycles. The summed E-state index contributed by atoms with van der Waals surface area (Å²) in [6.07, 6.45) is -32.1. The molecule has 29 heavy (non-hydrogen) atoms. The highest BCUT2D eigenvalue weighted by molar-refractivity contribution is 5.76. The Hall–Kier alpha value is -1.79. The summed E-state index contributed by atoms with van der Waals surface area (Å²) in [5, 5.41) is 13.4. The van der Waals surface area contributed by atoms with E-state index < -0.39 is 126 Å². The van der Waals surface area contributed by atoms with Crippen LogP contribution in [0, 0.1) is 0 Å². The van der Waals surface area contributed by atoms with Crippen LogP contribution in [0.2, 0.25) is 0 Å². The quantitative estimate of drug-likeness (QED) is 0.564. The van der Waals surface area contributed by atoms with Crippen LogP contribution in [0.3, 0.4) is 0 Å². The summed E-state index contributed by atoms with van der Waals surface area (Å²) >= 11 is 0. The van der Waals surface area contributed by atoms with Crippen LogP contribution in [-0.4, -0.2) is 54.6 Å². The molecule has 0 aliphatic carbocycles. The van der Waals surface area contributed by atoms with E-state index in [9.17, 15) is 9.90 Å². The molecule has 1 aromatic carbocycles. The fraction of sp³-hybridized carbons (Fsp3) is 0.696. The van der Waals surface area contributed by atoms with E-state index in [4.69, 9.17) is 43.7 Å². The van der Waals surface area contributed by atoms with Gasteiger partial charge in [0.15, 0.2) is 11.5 Å². The van der Waals surface area contributed by atoms with Crippen molar-refractivity contribution in [1.29, 1.82) is 0 Å². The maximum Gasteiger partial charge on any atom is 0.220 e. The van der Waals surface area contributed by atoms with Crippen molar-refractivity contribution in [3.8, 4) is 11.5 Å².